The number of ether oxygens (including phenoxy) is 3. The van der Waals surface area contributed by atoms with E-state index in [0.717, 1.165) is 28.9 Å². The topological polar surface area (TPSA) is 199 Å². The minimum atomic E-state index is -4.33. The maximum atomic E-state index is 15.3. The summed E-state index contributed by atoms with van der Waals surface area (Å²) in [6, 6.07) is 24.6. The number of nitrogens with zero attached hydrogens (tertiary/aromatic N) is 3. The highest BCUT2D eigenvalue weighted by Gasteiger charge is 2.66. The molecule has 368 valence electrons. The third-order valence-corrected chi connectivity index (χ3v) is 15.7. The predicted molar refractivity (Wildman–Crippen MR) is 266 cm³/mol. The minimum Gasteiger partial charge on any atom is -0.460 e. The third-order valence-electron chi connectivity index (χ3n) is 13.1. The summed E-state index contributed by atoms with van der Waals surface area (Å²) < 4.78 is 53.0. The lowest BCUT2D eigenvalue weighted by Crippen LogP contribution is -2.70. The molecule has 0 aromatic heterocycles. The van der Waals surface area contributed by atoms with Crippen molar-refractivity contribution in [3.63, 3.8) is 0 Å². The minimum absolute atomic E-state index is 0.00718. The Labute approximate surface area is 408 Å². The summed E-state index contributed by atoms with van der Waals surface area (Å²) in [5.41, 5.74) is 3.17. The molecule has 4 aromatic carbocycles. The van der Waals surface area contributed by atoms with Gasteiger partial charge in [0.2, 0.25) is 21.7 Å². The van der Waals surface area contributed by atoms with Crippen LogP contribution in [-0.2, 0) is 31.0 Å². The molecular weight excluding hydrogens is 921 g/mol. The van der Waals surface area contributed by atoms with Gasteiger partial charge in [-0.3, -0.25) is 14.9 Å². The number of allylic oxidation sites excluding steroid dienone is 1. The highest BCUT2D eigenvalue weighted by molar-refractivity contribution is 7.98. The van der Waals surface area contributed by atoms with Gasteiger partial charge in [-0.05, 0) is 140 Å². The summed E-state index contributed by atoms with van der Waals surface area (Å²) in [4.78, 5) is 30.1. The maximum absolute atomic E-state index is 15.3. The van der Waals surface area contributed by atoms with Crippen molar-refractivity contribution in [3.8, 4) is 17.2 Å². The summed E-state index contributed by atoms with van der Waals surface area (Å²) >= 11 is 1.64. The molecule has 3 N–H and O–H groups in total. The number of hydrogen-bond donors (Lipinski definition) is 3. The van der Waals surface area contributed by atoms with Gasteiger partial charge < -0.3 is 34.6 Å². The molecule has 1 saturated carbocycles. The van der Waals surface area contributed by atoms with Crippen LogP contribution in [-0.4, -0.2) is 83.9 Å². The van der Waals surface area contributed by atoms with Crippen molar-refractivity contribution in [1.82, 2.24) is 4.31 Å². The number of oxime groups is 1. The van der Waals surface area contributed by atoms with Crippen molar-refractivity contribution in [1.29, 1.82) is 0 Å². The van der Waals surface area contributed by atoms with Crippen molar-refractivity contribution in [2.75, 3.05) is 37.9 Å². The molecule has 1 amide bonds. The SMILES string of the molecule is C=CCO[C@@]12Oc3ccc(Oc4ccc(SC)cc4)cc3[C@H]3[C@H](CCCCO)[C@@H](CCCCO)C=C(C(=NOCc4ccc([N+](=O)[O-])cc4)C[C@@H]1N(CCC)S(=O)(=O)c1ccc(NC(C)=O)cc1)[C@H]32. The lowest BCUT2D eigenvalue weighted by Gasteiger charge is -2.59. The molecule has 1 heterocycles. The van der Waals surface area contributed by atoms with E-state index in [1.807, 2.05) is 55.6 Å². The molecule has 1 aliphatic heterocycles. The van der Waals surface area contributed by atoms with Crippen LogP contribution in [0.4, 0.5) is 11.4 Å². The van der Waals surface area contributed by atoms with Crippen LogP contribution in [0.15, 0.2) is 130 Å². The second-order valence-electron chi connectivity index (χ2n) is 17.6. The van der Waals surface area contributed by atoms with E-state index in [2.05, 4.69) is 18.0 Å². The number of thioether (sulfide) groups is 1. The Morgan fingerprint density at radius 2 is 1.70 bits per heavy atom. The Bertz CT molecular complexity index is 2590. The first-order chi connectivity index (χ1) is 33.4. The van der Waals surface area contributed by atoms with Gasteiger partial charge in [0.05, 0.1) is 34.1 Å². The normalized spacial score (nSPS) is 22.2. The van der Waals surface area contributed by atoms with Crippen molar-refractivity contribution in [2.45, 2.75) is 99.4 Å². The van der Waals surface area contributed by atoms with Gasteiger partial charge in [-0.1, -0.05) is 37.1 Å². The molecule has 0 saturated heterocycles. The number of benzene rings is 4. The molecule has 17 heteroatoms. The van der Waals surface area contributed by atoms with Crippen molar-refractivity contribution < 1.29 is 47.4 Å². The molecule has 0 radical (unpaired) electrons. The van der Waals surface area contributed by atoms with Crippen LogP contribution in [0, 0.1) is 27.9 Å². The fourth-order valence-electron chi connectivity index (χ4n) is 10.1. The van der Waals surface area contributed by atoms with Gasteiger partial charge in [0, 0.05) is 67.3 Å². The zero-order valence-electron chi connectivity index (χ0n) is 39.3. The van der Waals surface area contributed by atoms with E-state index in [1.54, 1.807) is 42.1 Å². The second-order valence-corrected chi connectivity index (χ2v) is 20.3. The molecule has 4 aromatic rings. The number of sulfonamides is 1. The van der Waals surface area contributed by atoms with Gasteiger partial charge in [0.1, 0.15) is 23.9 Å². The van der Waals surface area contributed by atoms with Gasteiger partial charge in [0.15, 0.2) is 0 Å². The monoisotopic (exact) mass is 982 g/mol. The van der Waals surface area contributed by atoms with Gasteiger partial charge >= 0.3 is 0 Å². The Kier molecular flexibility index (Phi) is 17.4. The second kappa shape index (κ2) is 23.4. The highest BCUT2D eigenvalue weighted by Crippen LogP contribution is 2.62. The van der Waals surface area contributed by atoms with Crippen LogP contribution in [0.5, 0.6) is 17.2 Å². The highest BCUT2D eigenvalue weighted by atomic mass is 32.2. The molecule has 2 aliphatic carbocycles. The largest absolute Gasteiger partial charge is 0.460 e. The smallest absolute Gasteiger partial charge is 0.269 e. The average molecular weight is 983 g/mol. The number of hydrogen-bond acceptors (Lipinski definition) is 13. The number of amides is 1. The first-order valence-corrected chi connectivity index (χ1v) is 26.2. The Hall–Kier alpha value is -5.56. The van der Waals surface area contributed by atoms with Gasteiger partial charge in [-0.15, -0.1) is 18.3 Å². The fourth-order valence-corrected chi connectivity index (χ4v) is 12.2. The van der Waals surface area contributed by atoms with Gasteiger partial charge in [-0.25, -0.2) is 8.42 Å². The summed E-state index contributed by atoms with van der Waals surface area (Å²) in [5.74, 6) is -1.37. The van der Waals surface area contributed by atoms with Gasteiger partial charge in [-0.2, -0.15) is 4.31 Å². The van der Waals surface area contributed by atoms with Crippen molar-refractivity contribution in [3.05, 3.63) is 137 Å². The Morgan fingerprint density at radius 1 is 1.00 bits per heavy atom. The maximum Gasteiger partial charge on any atom is 0.269 e. The number of nitrogens with one attached hydrogen (secondary N) is 1. The number of nitro groups is 1. The van der Waals surface area contributed by atoms with E-state index in [1.165, 1.54) is 35.5 Å². The predicted octanol–water partition coefficient (Wildman–Crippen LogP) is 10.0. The van der Waals surface area contributed by atoms with Crippen LogP contribution in [0.1, 0.15) is 82.3 Å². The third kappa shape index (κ3) is 11.6. The first-order valence-electron chi connectivity index (χ1n) is 23.5. The number of unbranched alkanes of at least 4 members (excludes halogenated alkanes) is 2. The van der Waals surface area contributed by atoms with Crippen LogP contribution in [0.25, 0.3) is 0 Å². The molecule has 3 aliphatic rings. The van der Waals surface area contributed by atoms with E-state index in [9.17, 15) is 25.1 Å². The number of fused-ring (bicyclic) bond motifs is 2. The van der Waals surface area contributed by atoms with Crippen molar-refractivity contribution >= 4 is 44.8 Å². The summed E-state index contributed by atoms with van der Waals surface area (Å²) in [7, 11) is -4.33. The molecule has 0 spiro atoms. The number of aliphatic hydroxyl groups is 2. The standard InChI is InChI=1S/C52H62N4O11S2/c1-5-27-55(69(62,63)43-24-15-38(16-25-43)53-35(3)59)49-33-47(54-65-34-36-13-17-39(18-14-36)56(60)61)45-31-37(11-7-9-28-57)44(12-8-10-29-58)50-46-32-41(66-40-19-22-42(68-4)23-20-40)21-26-48(46)67-52(49,51(45)50)64-30-6-2/h6,13-26,31-32,37,44,49-51,57-58H,2,5,7-12,27-30,33-34H2,1,3-4H3,(H,53,59)/t37-,44+,49-,50+,51+,52+/m0/s1. The quantitative estimate of drug-likeness (QED) is 0.0198. The lowest BCUT2D eigenvalue weighted by atomic mass is 9.55. The van der Waals surface area contributed by atoms with Gasteiger partial charge in [0.25, 0.3) is 5.69 Å². The molecule has 69 heavy (non-hydrogen) atoms. The van der Waals surface area contributed by atoms with E-state index in [-0.39, 0.29) is 73.6 Å². The first kappa shape index (κ1) is 51.3. The summed E-state index contributed by atoms with van der Waals surface area (Å²) in [5, 5.41) is 39.0. The fraction of sp³-hybridized carbons (Fsp3) is 0.423. The van der Waals surface area contributed by atoms with Crippen LogP contribution in [0.3, 0.4) is 0 Å². The van der Waals surface area contributed by atoms with E-state index in [0.29, 0.717) is 66.3 Å². The number of aliphatic hydroxyl groups excluding tert-OH is 2. The number of nitro benzene ring substituents is 1. The number of anilines is 1. The van der Waals surface area contributed by atoms with Crippen LogP contribution < -0.4 is 14.8 Å². The molecular formula is C52H62N4O11S2. The van der Waals surface area contributed by atoms with Crippen LogP contribution >= 0.6 is 11.8 Å². The zero-order chi connectivity index (χ0) is 49.1. The number of carbonyl (C=O) groups is 1. The molecule has 0 unspecified atom stereocenters. The molecule has 6 atom stereocenters. The Morgan fingerprint density at radius 3 is 2.33 bits per heavy atom. The van der Waals surface area contributed by atoms with E-state index >= 15 is 8.42 Å². The van der Waals surface area contributed by atoms with E-state index < -0.39 is 32.7 Å². The zero-order valence-corrected chi connectivity index (χ0v) is 41.0. The Balaban J connectivity index is 1.45. The molecule has 15 nitrogen and oxygen atoms in total. The number of non-ortho nitro benzene ring substituents is 1. The van der Waals surface area contributed by atoms with Crippen molar-refractivity contribution in [2.24, 2.45) is 22.9 Å². The summed E-state index contributed by atoms with van der Waals surface area (Å²) in [6.07, 6.45) is 10.4. The average Bonchev–Trinajstić information content (AvgIpc) is 3.34. The van der Waals surface area contributed by atoms with Crippen LogP contribution in [0.2, 0.25) is 0 Å². The number of rotatable bonds is 24. The number of carbonyl (C=O) groups excluding carboxylic acids is 1. The van der Waals surface area contributed by atoms with E-state index in [4.69, 9.17) is 24.2 Å². The molecule has 7 rings (SSSR count). The summed E-state index contributed by atoms with van der Waals surface area (Å²) in [6.45, 7) is 7.43. The lowest BCUT2D eigenvalue weighted by molar-refractivity contribution is -0.384. The molecule has 0 bridgehead atoms. The molecule has 1 fully saturated rings.